The molecule has 30 heavy (non-hydrogen) atoms. The number of piperidine rings is 2. The van der Waals surface area contributed by atoms with Crippen molar-refractivity contribution in [2.45, 2.75) is 31.3 Å². The third kappa shape index (κ3) is 3.57. The maximum absolute atomic E-state index is 12.9. The number of likely N-dealkylation sites (tertiary alicyclic amines) is 1. The molecule has 4 aliphatic rings. The molecular weight excluding hydrogens is 424 g/mol. The van der Waals surface area contributed by atoms with Gasteiger partial charge in [0.25, 0.3) is 0 Å². The molecule has 2 fully saturated rings. The topological polar surface area (TPSA) is 75.7 Å². The number of hydrogen-bond donors (Lipinski definition) is 1. The minimum absolute atomic E-state index is 0. The number of benzene rings is 1. The fraction of sp³-hybridized carbons (Fsp3) is 0.500. The van der Waals surface area contributed by atoms with E-state index >= 15 is 0 Å². The van der Waals surface area contributed by atoms with Gasteiger partial charge in [0, 0.05) is 48.7 Å². The Kier molecular flexibility index (Phi) is 5.97. The van der Waals surface area contributed by atoms with Gasteiger partial charge in [-0.1, -0.05) is 24.3 Å². The van der Waals surface area contributed by atoms with Crippen molar-refractivity contribution in [3.8, 4) is 0 Å². The minimum Gasteiger partial charge on any atom is -0.484 e. The molecule has 1 spiro atoms. The SMILES string of the molecule is Cl.O=C1C(=O)c2ccccc2C2=C1SCC1(CCN(C(=O)C3CCNCC3)CC1)O2. The number of nitrogens with zero attached hydrogens (tertiary/aromatic N) is 1. The van der Waals surface area contributed by atoms with E-state index in [9.17, 15) is 14.4 Å². The Morgan fingerprint density at radius 3 is 2.43 bits per heavy atom. The summed E-state index contributed by atoms with van der Waals surface area (Å²) in [4.78, 5) is 40.2. The van der Waals surface area contributed by atoms with Crippen LogP contribution in [0.2, 0.25) is 0 Å². The van der Waals surface area contributed by atoms with E-state index in [0.29, 0.717) is 40.6 Å². The van der Waals surface area contributed by atoms with E-state index in [4.69, 9.17) is 4.74 Å². The number of ketones is 2. The summed E-state index contributed by atoms with van der Waals surface area (Å²) >= 11 is 1.44. The normalized spacial score (nSPS) is 23.4. The molecule has 8 heteroatoms. The second-order valence-corrected chi connectivity index (χ2v) is 9.27. The number of amides is 1. The lowest BCUT2D eigenvalue weighted by Crippen LogP contribution is -2.52. The third-order valence-corrected chi connectivity index (χ3v) is 7.84. The third-order valence-electron chi connectivity index (χ3n) is 6.51. The molecule has 3 heterocycles. The van der Waals surface area contributed by atoms with Crippen LogP contribution in [0.4, 0.5) is 0 Å². The molecule has 0 radical (unpaired) electrons. The van der Waals surface area contributed by atoms with Crippen LogP contribution in [0.3, 0.4) is 0 Å². The second kappa shape index (κ2) is 8.36. The second-order valence-electron chi connectivity index (χ2n) is 8.29. The standard InChI is InChI=1S/C22H24N2O4S.ClH/c25-17-15-3-1-2-4-16(15)19-20(18(17)26)29-13-22(28-19)7-11-24(12-8-22)21(27)14-5-9-23-10-6-14;/h1-4,14,23H,5-13H2;1H. The van der Waals surface area contributed by atoms with Gasteiger partial charge in [-0.15, -0.1) is 24.2 Å². The molecular formula is C22H25ClN2O4S. The highest BCUT2D eigenvalue weighted by atomic mass is 35.5. The van der Waals surface area contributed by atoms with Crippen LogP contribution in [-0.4, -0.2) is 59.9 Å². The van der Waals surface area contributed by atoms with Gasteiger partial charge in [-0.3, -0.25) is 14.4 Å². The summed E-state index contributed by atoms with van der Waals surface area (Å²) < 4.78 is 6.48. The highest BCUT2D eigenvalue weighted by molar-refractivity contribution is 8.04. The predicted molar refractivity (Wildman–Crippen MR) is 118 cm³/mol. The number of fused-ring (bicyclic) bond motifs is 2. The fourth-order valence-electron chi connectivity index (χ4n) is 4.72. The van der Waals surface area contributed by atoms with Crippen molar-refractivity contribution in [1.29, 1.82) is 0 Å². The highest BCUT2D eigenvalue weighted by Gasteiger charge is 2.46. The first kappa shape index (κ1) is 21.4. The number of hydrogen-bond acceptors (Lipinski definition) is 6. The average Bonchev–Trinajstić information content (AvgIpc) is 2.78. The van der Waals surface area contributed by atoms with Crippen LogP contribution in [0.25, 0.3) is 5.76 Å². The lowest BCUT2D eigenvalue weighted by molar-refractivity contribution is -0.140. The van der Waals surface area contributed by atoms with E-state index in [2.05, 4.69) is 5.32 Å². The molecule has 5 rings (SSSR count). The van der Waals surface area contributed by atoms with Crippen molar-refractivity contribution in [2.75, 3.05) is 31.9 Å². The van der Waals surface area contributed by atoms with Crippen LogP contribution in [0.15, 0.2) is 29.2 Å². The molecule has 1 aliphatic carbocycles. The Morgan fingerprint density at radius 2 is 1.73 bits per heavy atom. The maximum atomic E-state index is 12.9. The first-order valence-corrected chi connectivity index (χ1v) is 11.3. The zero-order valence-electron chi connectivity index (χ0n) is 16.6. The van der Waals surface area contributed by atoms with Gasteiger partial charge < -0.3 is 15.0 Å². The molecule has 160 valence electrons. The van der Waals surface area contributed by atoms with E-state index in [1.54, 1.807) is 12.1 Å². The average molecular weight is 449 g/mol. The van der Waals surface area contributed by atoms with E-state index in [-0.39, 0.29) is 29.8 Å². The smallest absolute Gasteiger partial charge is 0.243 e. The van der Waals surface area contributed by atoms with Gasteiger partial charge in [-0.25, -0.2) is 0 Å². The summed E-state index contributed by atoms with van der Waals surface area (Å²) in [5.41, 5.74) is 0.752. The predicted octanol–water partition coefficient (Wildman–Crippen LogP) is 2.67. The van der Waals surface area contributed by atoms with Gasteiger partial charge in [0.15, 0.2) is 0 Å². The van der Waals surface area contributed by atoms with E-state index < -0.39 is 11.6 Å². The Hall–Kier alpha value is -1.83. The number of allylic oxidation sites excluding steroid dienone is 1. The highest BCUT2D eigenvalue weighted by Crippen LogP contribution is 2.47. The van der Waals surface area contributed by atoms with Gasteiger partial charge in [0.05, 0.1) is 0 Å². The number of carbonyl (C=O) groups is 3. The molecule has 3 aliphatic heterocycles. The number of thioether (sulfide) groups is 1. The van der Waals surface area contributed by atoms with E-state index in [0.717, 1.165) is 38.8 Å². The van der Waals surface area contributed by atoms with Gasteiger partial charge in [0.2, 0.25) is 17.5 Å². The Morgan fingerprint density at radius 1 is 1.07 bits per heavy atom. The van der Waals surface area contributed by atoms with Crippen LogP contribution in [0, 0.1) is 5.92 Å². The van der Waals surface area contributed by atoms with Crippen molar-refractivity contribution >= 4 is 47.4 Å². The number of carbonyl (C=O) groups excluding carboxylic acids is 3. The monoisotopic (exact) mass is 448 g/mol. The lowest BCUT2D eigenvalue weighted by atomic mass is 9.89. The molecule has 2 saturated heterocycles. The molecule has 1 amide bonds. The maximum Gasteiger partial charge on any atom is 0.243 e. The summed E-state index contributed by atoms with van der Waals surface area (Å²) in [5, 5.41) is 3.31. The van der Waals surface area contributed by atoms with Crippen LogP contribution in [0.5, 0.6) is 0 Å². The molecule has 1 N–H and O–H groups in total. The molecule has 0 bridgehead atoms. The van der Waals surface area contributed by atoms with Gasteiger partial charge in [-0.05, 0) is 25.9 Å². The number of halogens is 1. The molecule has 0 aromatic heterocycles. The minimum atomic E-state index is -0.461. The van der Waals surface area contributed by atoms with Gasteiger partial charge >= 0.3 is 0 Å². The summed E-state index contributed by atoms with van der Waals surface area (Å²) in [5.74, 6) is 0.691. The number of Topliss-reactive ketones (excluding diaryl/α,β-unsaturated/α-hetero) is 2. The van der Waals surface area contributed by atoms with Crippen molar-refractivity contribution in [3.05, 3.63) is 40.3 Å². The summed E-state index contributed by atoms with van der Waals surface area (Å²) in [7, 11) is 0. The first-order chi connectivity index (χ1) is 14.1. The quantitative estimate of drug-likeness (QED) is 0.666. The first-order valence-electron chi connectivity index (χ1n) is 10.3. The molecule has 0 atom stereocenters. The Bertz CT molecular complexity index is 917. The zero-order chi connectivity index (χ0) is 20.0. The largest absolute Gasteiger partial charge is 0.484 e. The molecule has 6 nitrogen and oxygen atoms in total. The van der Waals surface area contributed by atoms with Crippen molar-refractivity contribution in [3.63, 3.8) is 0 Å². The molecule has 0 saturated carbocycles. The van der Waals surface area contributed by atoms with Crippen LogP contribution < -0.4 is 5.32 Å². The molecule has 1 aromatic rings. The summed E-state index contributed by atoms with van der Waals surface area (Å²) in [6.45, 7) is 3.19. The van der Waals surface area contributed by atoms with Crippen molar-refractivity contribution in [1.82, 2.24) is 10.2 Å². The van der Waals surface area contributed by atoms with Crippen molar-refractivity contribution < 1.29 is 19.1 Å². The summed E-state index contributed by atoms with van der Waals surface area (Å²) in [6.07, 6.45) is 3.32. The molecule has 1 aromatic carbocycles. The number of nitrogens with one attached hydrogen (secondary N) is 1. The van der Waals surface area contributed by atoms with Crippen LogP contribution in [0.1, 0.15) is 41.6 Å². The Labute approximate surface area is 186 Å². The van der Waals surface area contributed by atoms with E-state index in [1.165, 1.54) is 11.8 Å². The fourth-order valence-corrected chi connectivity index (χ4v) is 5.98. The Balaban J connectivity index is 0.00000218. The molecule has 0 unspecified atom stereocenters. The van der Waals surface area contributed by atoms with Gasteiger partial charge in [-0.2, -0.15) is 0 Å². The van der Waals surface area contributed by atoms with Crippen molar-refractivity contribution in [2.24, 2.45) is 5.92 Å². The van der Waals surface area contributed by atoms with E-state index in [1.807, 2.05) is 17.0 Å². The van der Waals surface area contributed by atoms with Crippen LogP contribution in [-0.2, 0) is 14.3 Å². The van der Waals surface area contributed by atoms with Gasteiger partial charge in [0.1, 0.15) is 16.3 Å². The number of ether oxygens (including phenoxy) is 1. The lowest BCUT2D eigenvalue weighted by Gasteiger charge is -2.46. The summed E-state index contributed by atoms with van der Waals surface area (Å²) in [6, 6.07) is 7.17. The van der Waals surface area contributed by atoms with Crippen LogP contribution >= 0.6 is 24.2 Å². The number of rotatable bonds is 1. The zero-order valence-corrected chi connectivity index (χ0v) is 18.3.